The van der Waals surface area contributed by atoms with Crippen LogP contribution in [-0.4, -0.2) is 38.3 Å². The molecular formula is C13H10F3N7. The van der Waals surface area contributed by atoms with Crippen LogP contribution in [0.25, 0.3) is 22.2 Å². The van der Waals surface area contributed by atoms with Gasteiger partial charge in [0.15, 0.2) is 5.82 Å². The molecule has 0 aliphatic rings. The summed E-state index contributed by atoms with van der Waals surface area (Å²) in [5, 5.41) is 3.32. The summed E-state index contributed by atoms with van der Waals surface area (Å²) in [6, 6.07) is 0. The largest absolute Gasteiger partial charge is 0.451 e. The molecule has 0 fully saturated rings. The lowest BCUT2D eigenvalue weighted by Gasteiger charge is -2.05. The second-order valence-electron chi connectivity index (χ2n) is 4.46. The molecule has 3 aromatic heterocycles. The van der Waals surface area contributed by atoms with Gasteiger partial charge in [-0.15, -0.1) is 0 Å². The van der Waals surface area contributed by atoms with Crippen molar-refractivity contribution in [3.8, 4) is 11.1 Å². The highest BCUT2D eigenvalue weighted by Gasteiger charge is 2.34. The van der Waals surface area contributed by atoms with Crippen molar-refractivity contribution in [1.29, 1.82) is 0 Å². The molecule has 0 aliphatic heterocycles. The molecule has 3 heterocycles. The van der Waals surface area contributed by atoms with Crippen molar-refractivity contribution in [3.05, 3.63) is 30.7 Å². The molecule has 0 saturated heterocycles. The molecular weight excluding hydrogens is 311 g/mol. The maximum atomic E-state index is 12.5. The van der Waals surface area contributed by atoms with Gasteiger partial charge in [0.2, 0.25) is 5.82 Å². The fourth-order valence-corrected chi connectivity index (χ4v) is 2.01. The number of aromatic nitrogens is 5. The van der Waals surface area contributed by atoms with Crippen LogP contribution in [0.15, 0.2) is 29.9 Å². The molecule has 0 aliphatic carbocycles. The summed E-state index contributed by atoms with van der Waals surface area (Å²) in [6.07, 6.45) is 2.03. The van der Waals surface area contributed by atoms with Crippen molar-refractivity contribution in [3.63, 3.8) is 0 Å². The number of fused-ring (bicyclic) bond motifs is 1. The van der Waals surface area contributed by atoms with Crippen molar-refractivity contribution in [2.75, 3.05) is 7.05 Å². The summed E-state index contributed by atoms with van der Waals surface area (Å²) in [5.41, 5.74) is 1.48. The van der Waals surface area contributed by atoms with Crippen LogP contribution in [0, 0.1) is 0 Å². The first-order chi connectivity index (χ1) is 11.0. The van der Waals surface area contributed by atoms with Crippen molar-refractivity contribution >= 4 is 23.2 Å². The van der Waals surface area contributed by atoms with Gasteiger partial charge in [-0.05, 0) is 0 Å². The van der Waals surface area contributed by atoms with Crippen molar-refractivity contribution in [2.45, 2.75) is 6.18 Å². The number of hydrogen-bond donors (Lipinski definition) is 2. The minimum absolute atomic E-state index is 0.375. The van der Waals surface area contributed by atoms with Crippen molar-refractivity contribution in [2.24, 2.45) is 4.99 Å². The number of nitrogens with one attached hydrogen (secondary N) is 2. The molecule has 0 saturated carbocycles. The Hall–Kier alpha value is -3.04. The van der Waals surface area contributed by atoms with Crippen molar-refractivity contribution < 1.29 is 13.2 Å². The Morgan fingerprint density at radius 2 is 1.91 bits per heavy atom. The van der Waals surface area contributed by atoms with E-state index in [1.807, 2.05) is 0 Å². The Balaban J connectivity index is 2.11. The van der Waals surface area contributed by atoms with E-state index < -0.39 is 12.0 Å². The summed E-state index contributed by atoms with van der Waals surface area (Å²) in [4.78, 5) is 21.9. The molecule has 2 N–H and O–H groups in total. The van der Waals surface area contributed by atoms with Gasteiger partial charge in [0.05, 0.1) is 11.7 Å². The van der Waals surface area contributed by atoms with Gasteiger partial charge >= 0.3 is 6.18 Å². The fraction of sp³-hybridized carbons (Fsp3) is 0.154. The van der Waals surface area contributed by atoms with E-state index in [-0.39, 0.29) is 0 Å². The summed E-state index contributed by atoms with van der Waals surface area (Å²) in [7, 11) is 1.68. The zero-order chi connectivity index (χ0) is 16.4. The molecule has 7 nitrogen and oxygen atoms in total. The molecule has 0 radical (unpaired) electrons. The van der Waals surface area contributed by atoms with E-state index in [1.165, 1.54) is 12.7 Å². The Labute approximate surface area is 127 Å². The monoisotopic (exact) mass is 321 g/mol. The van der Waals surface area contributed by atoms with Crippen LogP contribution in [0.2, 0.25) is 0 Å². The Morgan fingerprint density at radius 1 is 1.17 bits per heavy atom. The Kier molecular flexibility index (Phi) is 3.64. The van der Waals surface area contributed by atoms with E-state index in [9.17, 15) is 13.2 Å². The highest BCUT2D eigenvalue weighted by Crippen LogP contribution is 2.33. The lowest BCUT2D eigenvalue weighted by molar-refractivity contribution is -0.144. The van der Waals surface area contributed by atoms with Crippen LogP contribution in [0.4, 0.5) is 19.0 Å². The topological polar surface area (TPSA) is 91.7 Å². The van der Waals surface area contributed by atoms with Gasteiger partial charge in [-0.2, -0.15) is 13.2 Å². The Bertz CT molecular complexity index is 852. The molecule has 0 amide bonds. The number of aromatic amines is 1. The van der Waals surface area contributed by atoms with Crippen LogP contribution in [0.3, 0.4) is 0 Å². The highest BCUT2D eigenvalue weighted by atomic mass is 19.4. The van der Waals surface area contributed by atoms with E-state index in [2.05, 4.69) is 35.2 Å². The van der Waals surface area contributed by atoms with Gasteiger partial charge in [0.1, 0.15) is 12.0 Å². The van der Waals surface area contributed by atoms with E-state index in [4.69, 9.17) is 0 Å². The third-order valence-electron chi connectivity index (χ3n) is 2.98. The van der Waals surface area contributed by atoms with Gasteiger partial charge in [-0.1, -0.05) is 0 Å². The molecule has 0 atom stereocenters. The van der Waals surface area contributed by atoms with Gasteiger partial charge in [-0.3, -0.25) is 0 Å². The minimum Gasteiger partial charge on any atom is -0.379 e. The number of rotatable bonds is 3. The third-order valence-corrected chi connectivity index (χ3v) is 2.98. The molecule has 118 valence electrons. The van der Waals surface area contributed by atoms with Crippen LogP contribution < -0.4 is 5.32 Å². The molecule has 0 aromatic carbocycles. The zero-order valence-corrected chi connectivity index (χ0v) is 11.8. The van der Waals surface area contributed by atoms with E-state index in [1.54, 1.807) is 13.2 Å². The lowest BCUT2D eigenvalue weighted by atomic mass is 10.1. The van der Waals surface area contributed by atoms with Crippen LogP contribution in [-0.2, 0) is 6.18 Å². The molecule has 0 bridgehead atoms. The first-order valence-corrected chi connectivity index (χ1v) is 6.42. The highest BCUT2D eigenvalue weighted by molar-refractivity contribution is 6.00. The maximum absolute atomic E-state index is 12.5. The molecule has 3 aromatic rings. The van der Waals surface area contributed by atoms with Crippen LogP contribution in [0.1, 0.15) is 5.82 Å². The van der Waals surface area contributed by atoms with Gasteiger partial charge in [-0.25, -0.2) is 24.9 Å². The first kappa shape index (κ1) is 14.9. The molecule has 10 heteroatoms. The second kappa shape index (κ2) is 5.63. The third kappa shape index (κ3) is 2.82. The fourth-order valence-electron chi connectivity index (χ4n) is 2.01. The quantitative estimate of drug-likeness (QED) is 0.570. The first-order valence-electron chi connectivity index (χ1n) is 6.42. The second-order valence-corrected chi connectivity index (χ2v) is 4.46. The summed E-state index contributed by atoms with van der Waals surface area (Å²) in [6.45, 7) is 0. The van der Waals surface area contributed by atoms with Crippen LogP contribution >= 0.6 is 0 Å². The van der Waals surface area contributed by atoms with E-state index >= 15 is 0 Å². The number of H-pyrrole nitrogens is 1. The molecule has 3 rings (SSSR count). The van der Waals surface area contributed by atoms with Gasteiger partial charge in [0, 0.05) is 36.8 Å². The number of nitrogens with zero attached hydrogens (tertiary/aromatic N) is 5. The smallest absolute Gasteiger partial charge is 0.379 e. The molecule has 23 heavy (non-hydrogen) atoms. The lowest BCUT2D eigenvalue weighted by Crippen LogP contribution is -2.10. The standard InChI is InChI=1S/C13H10F3N7/c1-17-5-21-11-9-8(4-18-10(9)22-6-23-11)7-2-19-12(20-3-7)13(14,15)16/h2-6H,1H3,(H2,17,18,21,22,23). The zero-order valence-electron chi connectivity index (χ0n) is 11.8. The van der Waals surface area contributed by atoms with E-state index in [0.29, 0.717) is 28.0 Å². The SMILES string of the molecule is CN/C=N/c1ncnc2[nH]cc(-c3cnc(C(F)(F)F)nc3)c12. The Morgan fingerprint density at radius 3 is 2.57 bits per heavy atom. The minimum atomic E-state index is -4.58. The summed E-state index contributed by atoms with van der Waals surface area (Å²) in [5.74, 6) is -0.814. The van der Waals surface area contributed by atoms with E-state index in [0.717, 1.165) is 12.4 Å². The predicted octanol–water partition coefficient (Wildman–Crippen LogP) is 2.31. The average molecular weight is 321 g/mol. The number of alkyl halides is 3. The predicted molar refractivity (Wildman–Crippen MR) is 77.1 cm³/mol. The average Bonchev–Trinajstić information content (AvgIpc) is 2.97. The van der Waals surface area contributed by atoms with Gasteiger partial charge in [0.25, 0.3) is 0 Å². The maximum Gasteiger partial charge on any atom is 0.451 e. The van der Waals surface area contributed by atoms with Crippen LogP contribution in [0.5, 0.6) is 0 Å². The molecule has 0 unspecified atom stereocenters. The number of halogens is 3. The molecule has 0 spiro atoms. The number of aliphatic imine (C=N–C) groups is 1. The van der Waals surface area contributed by atoms with Gasteiger partial charge < -0.3 is 10.3 Å². The normalized spacial score (nSPS) is 12.2. The summed E-state index contributed by atoms with van der Waals surface area (Å²) >= 11 is 0. The number of hydrogen-bond acceptors (Lipinski definition) is 5. The summed E-state index contributed by atoms with van der Waals surface area (Å²) < 4.78 is 37.6. The van der Waals surface area contributed by atoms with Crippen molar-refractivity contribution in [1.82, 2.24) is 30.2 Å².